The zero-order valence-electron chi connectivity index (χ0n) is 12.0. The number of alkyl halides is 1. The second-order valence-electron chi connectivity index (χ2n) is 6.39. The maximum absolute atomic E-state index is 13.9. The van der Waals surface area contributed by atoms with Crippen LogP contribution in [0.3, 0.4) is 0 Å². The van der Waals surface area contributed by atoms with Crippen LogP contribution in [0.5, 0.6) is 5.75 Å². The highest BCUT2D eigenvalue weighted by molar-refractivity contribution is 6.21. The normalized spacial score (nSPS) is 28.8. The van der Waals surface area contributed by atoms with Gasteiger partial charge in [-0.05, 0) is 37.5 Å². The van der Waals surface area contributed by atoms with E-state index in [2.05, 4.69) is 0 Å². The third-order valence-corrected chi connectivity index (χ3v) is 5.69. The van der Waals surface area contributed by atoms with Gasteiger partial charge in [-0.3, -0.25) is 0 Å². The highest BCUT2D eigenvalue weighted by Gasteiger charge is 2.55. The maximum atomic E-state index is 13.9. The van der Waals surface area contributed by atoms with Crippen molar-refractivity contribution in [1.82, 2.24) is 0 Å². The quantitative estimate of drug-likeness (QED) is 0.679. The van der Waals surface area contributed by atoms with E-state index in [9.17, 15) is 4.39 Å². The number of ether oxygens (including phenoxy) is 1. The van der Waals surface area contributed by atoms with Crippen LogP contribution < -0.4 is 4.74 Å². The molecule has 0 aliphatic heterocycles. The lowest BCUT2D eigenvalue weighted by molar-refractivity contribution is -0.0530. The number of rotatable bonds is 2. The molecule has 0 amide bonds. The van der Waals surface area contributed by atoms with Gasteiger partial charge in [0.2, 0.25) is 0 Å². The molecule has 1 nitrogen and oxygen atoms in total. The van der Waals surface area contributed by atoms with Crippen LogP contribution in [-0.4, -0.2) is 11.5 Å². The fraction of sp³-hybridized carbons (Fsp3) is 0.647. The number of aryl methyl sites for hydroxylation is 1. The predicted molar refractivity (Wildman–Crippen MR) is 79.9 cm³/mol. The molecule has 0 saturated heterocycles. The number of benzene rings is 1. The van der Waals surface area contributed by atoms with E-state index in [1.54, 1.807) is 12.1 Å². The van der Waals surface area contributed by atoms with Gasteiger partial charge in [0.1, 0.15) is 6.10 Å². The molecule has 3 rings (SSSR count). The lowest BCUT2D eigenvalue weighted by Gasteiger charge is -2.53. The molecule has 0 heterocycles. The molecule has 2 unspecified atom stereocenters. The first kappa shape index (κ1) is 14.2. The Morgan fingerprint density at radius 2 is 1.90 bits per heavy atom. The summed E-state index contributed by atoms with van der Waals surface area (Å²) >= 11 is 6.52. The molecule has 0 aromatic heterocycles. The third kappa shape index (κ3) is 2.43. The smallest absolute Gasteiger partial charge is 0.165 e. The average Bonchev–Trinajstić information content (AvgIpc) is 2.70. The summed E-state index contributed by atoms with van der Waals surface area (Å²) in [5.74, 6) is 0.125. The zero-order chi connectivity index (χ0) is 14.2. The average molecular weight is 297 g/mol. The molecular weight excluding hydrogens is 275 g/mol. The van der Waals surface area contributed by atoms with Gasteiger partial charge in [0.05, 0.1) is 0 Å². The number of halogens is 2. The first-order valence-electron chi connectivity index (χ1n) is 7.69. The second-order valence-corrected chi connectivity index (χ2v) is 6.92. The van der Waals surface area contributed by atoms with Gasteiger partial charge in [0, 0.05) is 17.2 Å². The lowest BCUT2D eigenvalue weighted by atomic mass is 9.61. The van der Waals surface area contributed by atoms with Crippen molar-refractivity contribution in [2.45, 2.75) is 63.4 Å². The van der Waals surface area contributed by atoms with Crippen molar-refractivity contribution in [2.75, 3.05) is 0 Å². The maximum Gasteiger partial charge on any atom is 0.165 e. The first-order valence-corrected chi connectivity index (χ1v) is 8.12. The van der Waals surface area contributed by atoms with E-state index in [0.29, 0.717) is 5.75 Å². The van der Waals surface area contributed by atoms with E-state index in [1.165, 1.54) is 31.7 Å². The van der Waals surface area contributed by atoms with Crippen LogP contribution in [-0.2, 0) is 0 Å². The van der Waals surface area contributed by atoms with Crippen LogP contribution in [0.1, 0.15) is 50.5 Å². The van der Waals surface area contributed by atoms with E-state index in [4.69, 9.17) is 16.3 Å². The summed E-state index contributed by atoms with van der Waals surface area (Å²) in [7, 11) is 0. The molecule has 1 aromatic rings. The molecular formula is C17H22ClFO. The van der Waals surface area contributed by atoms with Gasteiger partial charge >= 0.3 is 0 Å². The largest absolute Gasteiger partial charge is 0.487 e. The molecule has 1 aromatic carbocycles. The Morgan fingerprint density at radius 3 is 2.55 bits per heavy atom. The van der Waals surface area contributed by atoms with Crippen LogP contribution in [0.2, 0.25) is 0 Å². The van der Waals surface area contributed by atoms with Crippen molar-refractivity contribution >= 4 is 11.6 Å². The van der Waals surface area contributed by atoms with Crippen molar-refractivity contribution < 1.29 is 9.13 Å². The monoisotopic (exact) mass is 296 g/mol. The van der Waals surface area contributed by atoms with Crippen LogP contribution >= 0.6 is 11.6 Å². The number of hydrogen-bond acceptors (Lipinski definition) is 1. The number of hydrogen-bond donors (Lipinski definition) is 0. The first-order chi connectivity index (χ1) is 9.62. The molecule has 0 N–H and O–H groups in total. The van der Waals surface area contributed by atoms with E-state index >= 15 is 0 Å². The second kappa shape index (κ2) is 5.55. The minimum absolute atomic E-state index is 0.0776. The fourth-order valence-corrected chi connectivity index (χ4v) is 4.26. The van der Waals surface area contributed by atoms with Gasteiger partial charge in [-0.2, -0.15) is 0 Å². The van der Waals surface area contributed by atoms with Crippen molar-refractivity contribution in [2.24, 2.45) is 5.41 Å². The Hall–Kier alpha value is -0.760. The molecule has 2 aliphatic rings. The standard InChI is InChI=1S/C17H22ClFO/c1-12-6-7-13(19)14(10-12)20-16-11-15(18)17(16)8-4-2-3-5-9-17/h6-7,10,15-16H,2-5,8-9,11H2,1H3. The summed E-state index contributed by atoms with van der Waals surface area (Å²) in [6, 6.07) is 5.05. The topological polar surface area (TPSA) is 9.23 Å². The van der Waals surface area contributed by atoms with Gasteiger partial charge < -0.3 is 4.74 Å². The Bertz CT molecular complexity index is 480. The molecule has 1 spiro atoms. The predicted octanol–water partition coefficient (Wildman–Crippen LogP) is 5.23. The molecule has 3 heteroatoms. The van der Waals surface area contributed by atoms with Crippen molar-refractivity contribution in [1.29, 1.82) is 0 Å². The van der Waals surface area contributed by atoms with E-state index < -0.39 is 0 Å². The summed E-state index contributed by atoms with van der Waals surface area (Å²) in [5, 5.41) is 0.193. The van der Waals surface area contributed by atoms with Gasteiger partial charge in [-0.25, -0.2) is 4.39 Å². The van der Waals surface area contributed by atoms with Crippen LogP contribution in [0, 0.1) is 18.2 Å². The lowest BCUT2D eigenvalue weighted by Crippen LogP contribution is -2.57. The van der Waals surface area contributed by atoms with Gasteiger partial charge in [-0.15, -0.1) is 11.6 Å². The van der Waals surface area contributed by atoms with Crippen LogP contribution in [0.4, 0.5) is 4.39 Å². The molecule has 0 radical (unpaired) electrons. The molecule has 2 saturated carbocycles. The molecule has 2 aliphatic carbocycles. The molecule has 0 bridgehead atoms. The fourth-order valence-electron chi connectivity index (χ4n) is 3.74. The van der Waals surface area contributed by atoms with Crippen LogP contribution in [0.15, 0.2) is 18.2 Å². The van der Waals surface area contributed by atoms with Gasteiger partial charge in [-0.1, -0.05) is 31.7 Å². The van der Waals surface area contributed by atoms with E-state index in [-0.39, 0.29) is 22.7 Å². The minimum Gasteiger partial charge on any atom is -0.487 e. The molecule has 20 heavy (non-hydrogen) atoms. The summed E-state index contributed by atoms with van der Waals surface area (Å²) in [6.45, 7) is 1.96. The Balaban J connectivity index is 1.78. The summed E-state index contributed by atoms with van der Waals surface area (Å²) in [5.41, 5.74) is 1.10. The highest BCUT2D eigenvalue weighted by Crippen LogP contribution is 2.55. The highest BCUT2D eigenvalue weighted by atomic mass is 35.5. The van der Waals surface area contributed by atoms with E-state index in [1.807, 2.05) is 6.92 Å². The van der Waals surface area contributed by atoms with Gasteiger partial charge in [0.15, 0.2) is 11.6 Å². The van der Waals surface area contributed by atoms with E-state index in [0.717, 1.165) is 24.8 Å². The van der Waals surface area contributed by atoms with Crippen molar-refractivity contribution in [3.05, 3.63) is 29.6 Å². The Labute approximate surface area is 125 Å². The molecule has 2 atom stereocenters. The SMILES string of the molecule is Cc1ccc(F)c(OC2CC(Cl)C23CCCCCC3)c1. The van der Waals surface area contributed by atoms with Crippen molar-refractivity contribution in [3.63, 3.8) is 0 Å². The minimum atomic E-state index is -0.266. The summed E-state index contributed by atoms with van der Waals surface area (Å²) in [6.07, 6.45) is 8.19. The zero-order valence-corrected chi connectivity index (χ0v) is 12.8. The Morgan fingerprint density at radius 1 is 1.20 bits per heavy atom. The van der Waals surface area contributed by atoms with Crippen molar-refractivity contribution in [3.8, 4) is 5.75 Å². The Kier molecular flexibility index (Phi) is 3.94. The third-order valence-electron chi connectivity index (χ3n) is 5.08. The van der Waals surface area contributed by atoms with Crippen LogP contribution in [0.25, 0.3) is 0 Å². The molecule has 110 valence electrons. The summed E-state index contributed by atoms with van der Waals surface area (Å²) < 4.78 is 19.9. The van der Waals surface area contributed by atoms with Gasteiger partial charge in [0.25, 0.3) is 0 Å². The molecule has 2 fully saturated rings. The summed E-state index contributed by atoms with van der Waals surface area (Å²) in [4.78, 5) is 0.